The number of aliphatic hydroxyl groups excluding tert-OH is 1. The summed E-state index contributed by atoms with van der Waals surface area (Å²) < 4.78 is 0. The van der Waals surface area contributed by atoms with E-state index in [2.05, 4.69) is 10.6 Å². The summed E-state index contributed by atoms with van der Waals surface area (Å²) in [6, 6.07) is 5.52. The average Bonchev–Trinajstić information content (AvgIpc) is 2.32. The number of amides is 2. The third kappa shape index (κ3) is 4.55. The third-order valence-electron chi connectivity index (χ3n) is 2.33. The summed E-state index contributed by atoms with van der Waals surface area (Å²) in [5.41, 5.74) is 2.55. The van der Waals surface area contributed by atoms with Crippen molar-refractivity contribution < 1.29 is 14.7 Å². The molecule has 0 bridgehead atoms. The second kappa shape index (κ2) is 6.76. The minimum atomic E-state index is -0.318. The minimum absolute atomic E-state index is 0.0914. The fraction of sp³-hybridized carbons (Fsp3) is 0.385. The maximum atomic E-state index is 11.8. The van der Waals surface area contributed by atoms with E-state index in [4.69, 9.17) is 5.11 Å². The van der Waals surface area contributed by atoms with Crippen LogP contribution in [-0.2, 0) is 4.79 Å². The summed E-state index contributed by atoms with van der Waals surface area (Å²) in [5.74, 6) is -0.595. The summed E-state index contributed by atoms with van der Waals surface area (Å²) in [6.45, 7) is 3.82. The Morgan fingerprint density at radius 3 is 2.28 bits per heavy atom. The van der Waals surface area contributed by atoms with Gasteiger partial charge in [-0.3, -0.25) is 9.59 Å². The van der Waals surface area contributed by atoms with Gasteiger partial charge < -0.3 is 15.7 Å². The fourth-order valence-electron chi connectivity index (χ4n) is 1.63. The lowest BCUT2D eigenvalue weighted by molar-refractivity contribution is -0.120. The van der Waals surface area contributed by atoms with Gasteiger partial charge in [-0.25, -0.2) is 0 Å². The van der Waals surface area contributed by atoms with Gasteiger partial charge in [-0.15, -0.1) is 0 Å². The highest BCUT2D eigenvalue weighted by Gasteiger charge is 2.08. The van der Waals surface area contributed by atoms with Gasteiger partial charge >= 0.3 is 0 Å². The molecule has 0 radical (unpaired) electrons. The van der Waals surface area contributed by atoms with E-state index in [9.17, 15) is 9.59 Å². The topological polar surface area (TPSA) is 78.4 Å². The maximum Gasteiger partial charge on any atom is 0.251 e. The normalized spacial score (nSPS) is 9.94. The molecule has 0 aliphatic heterocycles. The standard InChI is InChI=1S/C13H18N2O3/c1-9-5-10(2)7-11(6-9)13(18)15-8-12(17)14-3-4-16/h5-7,16H,3-4,8H2,1-2H3,(H,14,17)(H,15,18). The largest absolute Gasteiger partial charge is 0.395 e. The Hall–Kier alpha value is -1.88. The Bertz CT molecular complexity index is 424. The molecule has 18 heavy (non-hydrogen) atoms. The summed E-state index contributed by atoms with van der Waals surface area (Å²) in [5, 5.41) is 13.5. The lowest BCUT2D eigenvalue weighted by Crippen LogP contribution is -2.38. The second-order valence-electron chi connectivity index (χ2n) is 4.13. The highest BCUT2D eigenvalue weighted by Crippen LogP contribution is 2.08. The van der Waals surface area contributed by atoms with E-state index in [0.29, 0.717) is 5.56 Å². The lowest BCUT2D eigenvalue weighted by atomic mass is 10.1. The van der Waals surface area contributed by atoms with Gasteiger partial charge in [0.1, 0.15) is 0 Å². The Balaban J connectivity index is 2.52. The van der Waals surface area contributed by atoms with E-state index < -0.39 is 0 Å². The molecule has 0 heterocycles. The first-order chi connectivity index (χ1) is 8.52. The number of carbonyl (C=O) groups excluding carboxylic acids is 2. The van der Waals surface area contributed by atoms with E-state index in [1.54, 1.807) is 12.1 Å². The van der Waals surface area contributed by atoms with Gasteiger partial charge in [-0.2, -0.15) is 0 Å². The zero-order valence-electron chi connectivity index (χ0n) is 10.6. The van der Waals surface area contributed by atoms with Gasteiger partial charge in [0.15, 0.2) is 0 Å². The quantitative estimate of drug-likeness (QED) is 0.695. The van der Waals surface area contributed by atoms with Gasteiger partial charge in [0.25, 0.3) is 5.91 Å². The van der Waals surface area contributed by atoms with Crippen molar-refractivity contribution in [2.24, 2.45) is 0 Å². The molecule has 1 rings (SSSR count). The Morgan fingerprint density at radius 2 is 1.72 bits per heavy atom. The molecule has 0 saturated heterocycles. The van der Waals surface area contributed by atoms with E-state index >= 15 is 0 Å². The molecule has 0 aliphatic carbocycles. The number of benzene rings is 1. The first kappa shape index (κ1) is 14.2. The number of carbonyl (C=O) groups is 2. The van der Waals surface area contributed by atoms with E-state index in [0.717, 1.165) is 11.1 Å². The molecule has 0 fully saturated rings. The predicted molar refractivity (Wildman–Crippen MR) is 68.3 cm³/mol. The molecule has 5 nitrogen and oxygen atoms in total. The smallest absolute Gasteiger partial charge is 0.251 e. The van der Waals surface area contributed by atoms with Crippen molar-refractivity contribution >= 4 is 11.8 Å². The molecule has 0 saturated carbocycles. The highest BCUT2D eigenvalue weighted by atomic mass is 16.3. The molecule has 1 aromatic carbocycles. The van der Waals surface area contributed by atoms with Gasteiger partial charge in [0.05, 0.1) is 13.2 Å². The zero-order chi connectivity index (χ0) is 13.5. The molecule has 5 heteroatoms. The molecular weight excluding hydrogens is 232 g/mol. The van der Waals surface area contributed by atoms with Crippen LogP contribution in [0.1, 0.15) is 21.5 Å². The van der Waals surface area contributed by atoms with Crippen LogP contribution < -0.4 is 10.6 Å². The molecular formula is C13H18N2O3. The van der Waals surface area contributed by atoms with Gasteiger partial charge in [-0.05, 0) is 26.0 Å². The highest BCUT2D eigenvalue weighted by molar-refractivity contribution is 5.96. The van der Waals surface area contributed by atoms with E-state index in [1.165, 1.54) is 0 Å². The number of hydrogen-bond donors (Lipinski definition) is 3. The Kier molecular flexibility index (Phi) is 5.32. The number of aliphatic hydroxyl groups is 1. The van der Waals surface area contributed by atoms with Crippen LogP contribution in [0.15, 0.2) is 18.2 Å². The average molecular weight is 250 g/mol. The molecule has 0 aromatic heterocycles. The van der Waals surface area contributed by atoms with Crippen LogP contribution >= 0.6 is 0 Å². The van der Waals surface area contributed by atoms with Crippen molar-refractivity contribution in [2.75, 3.05) is 19.7 Å². The fourth-order valence-corrected chi connectivity index (χ4v) is 1.63. The SMILES string of the molecule is Cc1cc(C)cc(C(=O)NCC(=O)NCCO)c1. The zero-order valence-corrected chi connectivity index (χ0v) is 10.6. The number of rotatable bonds is 5. The molecule has 98 valence electrons. The minimum Gasteiger partial charge on any atom is -0.395 e. The van der Waals surface area contributed by atoms with Crippen molar-refractivity contribution in [3.05, 3.63) is 34.9 Å². The van der Waals surface area contributed by atoms with Crippen molar-refractivity contribution in [1.82, 2.24) is 10.6 Å². The summed E-state index contributed by atoms with van der Waals surface area (Å²) >= 11 is 0. The van der Waals surface area contributed by atoms with E-state index in [1.807, 2.05) is 19.9 Å². The molecule has 1 aromatic rings. The van der Waals surface area contributed by atoms with Crippen LogP contribution in [0.25, 0.3) is 0 Å². The third-order valence-corrected chi connectivity index (χ3v) is 2.33. The van der Waals surface area contributed by atoms with E-state index in [-0.39, 0.29) is 31.5 Å². The molecule has 0 aliphatic rings. The molecule has 3 N–H and O–H groups in total. The molecule has 0 spiro atoms. The first-order valence-electron chi connectivity index (χ1n) is 5.77. The van der Waals surface area contributed by atoms with Crippen molar-refractivity contribution in [3.8, 4) is 0 Å². The Labute approximate surface area is 106 Å². The lowest BCUT2D eigenvalue weighted by Gasteiger charge is -2.07. The summed E-state index contributed by atoms with van der Waals surface area (Å²) in [6.07, 6.45) is 0. The summed E-state index contributed by atoms with van der Waals surface area (Å²) in [7, 11) is 0. The van der Waals surface area contributed by atoms with Crippen molar-refractivity contribution in [3.63, 3.8) is 0 Å². The Morgan fingerprint density at radius 1 is 1.11 bits per heavy atom. The van der Waals surface area contributed by atoms with Gasteiger partial charge in [-0.1, -0.05) is 17.2 Å². The first-order valence-corrected chi connectivity index (χ1v) is 5.77. The maximum absolute atomic E-state index is 11.8. The number of aryl methyl sites for hydroxylation is 2. The van der Waals surface area contributed by atoms with Crippen LogP contribution in [0.4, 0.5) is 0 Å². The van der Waals surface area contributed by atoms with Crippen molar-refractivity contribution in [1.29, 1.82) is 0 Å². The molecule has 0 unspecified atom stereocenters. The van der Waals surface area contributed by atoms with Crippen LogP contribution in [0.2, 0.25) is 0 Å². The number of nitrogens with one attached hydrogen (secondary N) is 2. The van der Waals surface area contributed by atoms with Gasteiger partial charge in [0, 0.05) is 12.1 Å². The van der Waals surface area contributed by atoms with Crippen molar-refractivity contribution in [2.45, 2.75) is 13.8 Å². The monoisotopic (exact) mass is 250 g/mol. The van der Waals surface area contributed by atoms with Crippen LogP contribution in [0, 0.1) is 13.8 Å². The second-order valence-corrected chi connectivity index (χ2v) is 4.13. The molecule has 0 atom stereocenters. The number of hydrogen-bond acceptors (Lipinski definition) is 3. The predicted octanol–water partition coefficient (Wildman–Crippen LogP) is 0.142. The van der Waals surface area contributed by atoms with Crippen LogP contribution in [-0.4, -0.2) is 36.6 Å². The molecule has 2 amide bonds. The van der Waals surface area contributed by atoms with Gasteiger partial charge in [0.2, 0.25) is 5.91 Å². The van der Waals surface area contributed by atoms with Crippen LogP contribution in [0.5, 0.6) is 0 Å². The summed E-state index contributed by atoms with van der Waals surface area (Å²) in [4.78, 5) is 23.0. The van der Waals surface area contributed by atoms with Crippen LogP contribution in [0.3, 0.4) is 0 Å².